The molecule has 0 unspecified atom stereocenters. The van der Waals surface area contributed by atoms with Crippen LogP contribution in [0.25, 0.3) is 5.69 Å². The van der Waals surface area contributed by atoms with Crippen LogP contribution in [-0.2, 0) is 11.2 Å². The number of aliphatic carboxylic acids is 1. The van der Waals surface area contributed by atoms with E-state index in [1.807, 2.05) is 54.7 Å². The van der Waals surface area contributed by atoms with Crippen LogP contribution in [0.15, 0.2) is 24.3 Å². The summed E-state index contributed by atoms with van der Waals surface area (Å²) in [5, 5.41) is 13.5. The minimum absolute atomic E-state index is 0.0617. The molecular formula is C23H31N3O3. The van der Waals surface area contributed by atoms with Crippen LogP contribution in [0.4, 0.5) is 0 Å². The summed E-state index contributed by atoms with van der Waals surface area (Å²) < 4.78 is 1.83. The predicted molar refractivity (Wildman–Crippen MR) is 113 cm³/mol. The summed E-state index contributed by atoms with van der Waals surface area (Å²) in [4.78, 5) is 25.7. The van der Waals surface area contributed by atoms with Gasteiger partial charge in [-0.3, -0.25) is 9.59 Å². The molecule has 1 fully saturated rings. The van der Waals surface area contributed by atoms with Crippen molar-refractivity contribution in [2.45, 2.75) is 65.3 Å². The van der Waals surface area contributed by atoms with Gasteiger partial charge in [0.15, 0.2) is 0 Å². The Kier molecular flexibility index (Phi) is 6.40. The van der Waals surface area contributed by atoms with Gasteiger partial charge in [0, 0.05) is 30.8 Å². The Hall–Kier alpha value is -2.63. The van der Waals surface area contributed by atoms with Gasteiger partial charge in [-0.15, -0.1) is 0 Å². The highest BCUT2D eigenvalue weighted by Gasteiger charge is 2.25. The van der Waals surface area contributed by atoms with Gasteiger partial charge in [-0.25, -0.2) is 4.68 Å². The van der Waals surface area contributed by atoms with E-state index in [-0.39, 0.29) is 12.3 Å². The molecule has 0 radical (unpaired) electrons. The van der Waals surface area contributed by atoms with Crippen LogP contribution in [0.5, 0.6) is 0 Å². The molecule has 3 rings (SSSR count). The Bertz CT molecular complexity index is 878. The topological polar surface area (TPSA) is 75.4 Å². The maximum absolute atomic E-state index is 12.9. The molecule has 0 atom stereocenters. The lowest BCUT2D eigenvalue weighted by Crippen LogP contribution is -2.39. The number of aryl methyl sites for hydroxylation is 1. The number of benzene rings is 1. The smallest absolute Gasteiger partial charge is 0.303 e. The van der Waals surface area contributed by atoms with Crippen molar-refractivity contribution in [1.29, 1.82) is 0 Å². The third-order valence-electron chi connectivity index (χ3n) is 6.24. The summed E-state index contributed by atoms with van der Waals surface area (Å²) in [5.74, 6) is 0.0118. The van der Waals surface area contributed by atoms with Gasteiger partial charge in [-0.2, -0.15) is 5.10 Å². The number of carboxylic acids is 1. The lowest BCUT2D eigenvalue weighted by Gasteiger charge is -2.33. The number of carboxylic acid groups (broad SMARTS) is 1. The summed E-state index contributed by atoms with van der Waals surface area (Å²) in [6, 6.07) is 7.85. The van der Waals surface area contributed by atoms with Gasteiger partial charge in [0.05, 0.1) is 11.4 Å². The van der Waals surface area contributed by atoms with Gasteiger partial charge in [0.25, 0.3) is 5.91 Å². The van der Waals surface area contributed by atoms with Crippen molar-refractivity contribution in [3.8, 4) is 5.69 Å². The number of nitrogens with zero attached hydrogens (tertiary/aromatic N) is 3. The van der Waals surface area contributed by atoms with Gasteiger partial charge in [-0.05, 0) is 81.7 Å². The Morgan fingerprint density at radius 1 is 1.14 bits per heavy atom. The number of rotatable bonds is 6. The van der Waals surface area contributed by atoms with Crippen molar-refractivity contribution in [3.63, 3.8) is 0 Å². The second-order valence-electron chi connectivity index (χ2n) is 8.33. The maximum Gasteiger partial charge on any atom is 0.303 e. The van der Waals surface area contributed by atoms with Crippen LogP contribution < -0.4 is 0 Å². The molecule has 156 valence electrons. The van der Waals surface area contributed by atoms with E-state index in [2.05, 4.69) is 12.0 Å². The normalized spacial score (nSPS) is 19.2. The minimum Gasteiger partial charge on any atom is -0.481 e. The second kappa shape index (κ2) is 8.80. The predicted octanol–water partition coefficient (Wildman–Crippen LogP) is 4.16. The van der Waals surface area contributed by atoms with Crippen LogP contribution >= 0.6 is 0 Å². The quantitative estimate of drug-likeness (QED) is 0.794. The number of hydrogen-bond acceptors (Lipinski definition) is 3. The molecule has 0 spiro atoms. The first-order chi connectivity index (χ1) is 13.8. The zero-order valence-corrected chi connectivity index (χ0v) is 17.8. The third-order valence-corrected chi connectivity index (χ3v) is 6.24. The number of carbonyl (C=O) groups excluding carboxylic acids is 1. The summed E-state index contributed by atoms with van der Waals surface area (Å²) in [5.41, 5.74) is 4.31. The zero-order chi connectivity index (χ0) is 21.1. The zero-order valence-electron chi connectivity index (χ0n) is 17.8. The molecule has 6 heteroatoms. The van der Waals surface area contributed by atoms with E-state index >= 15 is 0 Å². The fourth-order valence-electron chi connectivity index (χ4n) is 4.26. The van der Waals surface area contributed by atoms with Crippen LogP contribution in [0.2, 0.25) is 0 Å². The van der Waals surface area contributed by atoms with Crippen molar-refractivity contribution in [2.75, 3.05) is 7.05 Å². The molecule has 0 bridgehead atoms. The summed E-state index contributed by atoms with van der Waals surface area (Å²) in [6.07, 6.45) is 5.08. The fourth-order valence-corrected chi connectivity index (χ4v) is 4.26. The monoisotopic (exact) mass is 397 g/mol. The van der Waals surface area contributed by atoms with E-state index in [4.69, 9.17) is 5.11 Å². The molecular weight excluding hydrogens is 366 g/mol. The Morgan fingerprint density at radius 3 is 2.34 bits per heavy atom. The summed E-state index contributed by atoms with van der Waals surface area (Å²) >= 11 is 0. The number of hydrogen-bond donors (Lipinski definition) is 1. The lowest BCUT2D eigenvalue weighted by molar-refractivity contribution is -0.136. The van der Waals surface area contributed by atoms with Gasteiger partial charge >= 0.3 is 5.97 Å². The number of carbonyl (C=O) groups is 2. The van der Waals surface area contributed by atoms with Crippen molar-refractivity contribution in [1.82, 2.24) is 14.7 Å². The van der Waals surface area contributed by atoms with Crippen LogP contribution in [0.1, 0.15) is 66.3 Å². The highest BCUT2D eigenvalue weighted by molar-refractivity contribution is 5.94. The Balaban J connectivity index is 1.74. The second-order valence-corrected chi connectivity index (χ2v) is 8.33. The molecule has 1 heterocycles. The van der Waals surface area contributed by atoms with E-state index in [1.165, 1.54) is 12.8 Å². The first-order valence-electron chi connectivity index (χ1n) is 10.4. The van der Waals surface area contributed by atoms with E-state index in [9.17, 15) is 9.59 Å². The molecule has 0 aliphatic heterocycles. The number of amides is 1. The van der Waals surface area contributed by atoms with Crippen LogP contribution in [-0.4, -0.2) is 44.8 Å². The van der Waals surface area contributed by atoms with Crippen LogP contribution in [0, 0.1) is 19.8 Å². The van der Waals surface area contributed by atoms with Crippen molar-refractivity contribution in [3.05, 3.63) is 46.8 Å². The molecule has 0 saturated heterocycles. The minimum atomic E-state index is -0.809. The van der Waals surface area contributed by atoms with E-state index < -0.39 is 5.97 Å². The summed E-state index contributed by atoms with van der Waals surface area (Å²) in [7, 11) is 1.91. The molecule has 1 amide bonds. The van der Waals surface area contributed by atoms with Gasteiger partial charge < -0.3 is 10.0 Å². The average molecular weight is 398 g/mol. The lowest BCUT2D eigenvalue weighted by atomic mass is 9.86. The van der Waals surface area contributed by atoms with Gasteiger partial charge in [0.1, 0.15) is 0 Å². The highest BCUT2D eigenvalue weighted by Crippen LogP contribution is 2.27. The third kappa shape index (κ3) is 4.69. The average Bonchev–Trinajstić information content (AvgIpc) is 2.99. The molecule has 29 heavy (non-hydrogen) atoms. The first kappa shape index (κ1) is 21.1. The SMILES string of the molecule is Cc1nn(-c2ccc(C(=O)N(C)C3CCC(C)CC3)cc2)c(C)c1CCC(=O)O. The molecule has 1 aromatic carbocycles. The molecule has 2 aromatic rings. The van der Waals surface area contributed by atoms with E-state index in [0.29, 0.717) is 18.0 Å². The highest BCUT2D eigenvalue weighted by atomic mass is 16.4. The van der Waals surface area contributed by atoms with E-state index in [0.717, 1.165) is 41.4 Å². The van der Waals surface area contributed by atoms with Crippen molar-refractivity contribution >= 4 is 11.9 Å². The number of aromatic nitrogens is 2. The molecule has 6 nitrogen and oxygen atoms in total. The standard InChI is InChI=1S/C23H31N3O3/c1-15-5-9-19(10-6-15)25(4)23(29)18-7-11-20(12-8-18)26-17(3)21(16(2)24-26)13-14-22(27)28/h7-8,11-12,15,19H,5-6,9-10,13-14H2,1-4H3,(H,27,28). The largest absolute Gasteiger partial charge is 0.481 e. The molecule has 1 N–H and O–H groups in total. The summed E-state index contributed by atoms with van der Waals surface area (Å²) in [6.45, 7) is 6.13. The fraction of sp³-hybridized carbons (Fsp3) is 0.522. The molecule has 1 aromatic heterocycles. The first-order valence-corrected chi connectivity index (χ1v) is 10.4. The van der Waals surface area contributed by atoms with Crippen molar-refractivity contribution < 1.29 is 14.7 Å². The van der Waals surface area contributed by atoms with Gasteiger partial charge in [-0.1, -0.05) is 6.92 Å². The Labute approximate surface area is 172 Å². The molecule has 1 aliphatic carbocycles. The van der Waals surface area contributed by atoms with E-state index in [1.54, 1.807) is 0 Å². The molecule has 1 aliphatic rings. The Morgan fingerprint density at radius 2 is 1.76 bits per heavy atom. The molecule has 1 saturated carbocycles. The van der Waals surface area contributed by atoms with Crippen molar-refractivity contribution in [2.24, 2.45) is 5.92 Å². The maximum atomic E-state index is 12.9. The van der Waals surface area contributed by atoms with Crippen LogP contribution in [0.3, 0.4) is 0 Å². The van der Waals surface area contributed by atoms with Gasteiger partial charge in [0.2, 0.25) is 0 Å².